The lowest BCUT2D eigenvalue weighted by molar-refractivity contribution is -0.120. The Morgan fingerprint density at radius 2 is 2.00 bits per heavy atom. The van der Waals surface area contributed by atoms with Gasteiger partial charge in [0.15, 0.2) is 0 Å². The number of piperazine rings is 1. The average Bonchev–Trinajstić information content (AvgIpc) is 2.01. The minimum atomic E-state index is -0.417. The fourth-order valence-electron chi connectivity index (χ4n) is 1.56. The Balaban J connectivity index is 2.93. The highest BCUT2D eigenvalue weighted by Crippen LogP contribution is 2.27. The Kier molecular flexibility index (Phi) is 2.27. The van der Waals surface area contributed by atoms with E-state index in [1.807, 2.05) is 6.92 Å². The molecule has 0 aromatic carbocycles. The SMILES string of the molecule is CN1CCNC(C)(C=O)C1(C)C. The van der Waals surface area contributed by atoms with Crippen molar-refractivity contribution in [2.75, 3.05) is 20.1 Å². The molecule has 1 saturated heterocycles. The second-order valence-corrected chi connectivity index (χ2v) is 4.23. The van der Waals surface area contributed by atoms with E-state index in [2.05, 4.69) is 31.1 Å². The van der Waals surface area contributed by atoms with E-state index < -0.39 is 5.54 Å². The summed E-state index contributed by atoms with van der Waals surface area (Å²) in [5, 5.41) is 3.26. The third-order valence-corrected chi connectivity index (χ3v) is 3.40. The summed E-state index contributed by atoms with van der Waals surface area (Å²) in [6, 6.07) is 0. The van der Waals surface area contributed by atoms with E-state index in [4.69, 9.17) is 0 Å². The Morgan fingerprint density at radius 3 is 2.42 bits per heavy atom. The molecule has 0 spiro atoms. The minimum absolute atomic E-state index is 0.104. The van der Waals surface area contributed by atoms with E-state index >= 15 is 0 Å². The number of nitrogens with one attached hydrogen (secondary N) is 1. The Morgan fingerprint density at radius 1 is 1.42 bits per heavy atom. The maximum absolute atomic E-state index is 11.0. The van der Waals surface area contributed by atoms with Crippen LogP contribution in [0.2, 0.25) is 0 Å². The molecule has 1 aliphatic heterocycles. The van der Waals surface area contributed by atoms with Gasteiger partial charge in [0.1, 0.15) is 6.29 Å². The lowest BCUT2D eigenvalue weighted by atomic mass is 9.79. The van der Waals surface area contributed by atoms with Gasteiger partial charge in [0, 0.05) is 18.6 Å². The van der Waals surface area contributed by atoms with Crippen LogP contribution in [0.25, 0.3) is 0 Å². The van der Waals surface area contributed by atoms with Gasteiger partial charge >= 0.3 is 0 Å². The van der Waals surface area contributed by atoms with Gasteiger partial charge in [-0.25, -0.2) is 0 Å². The van der Waals surface area contributed by atoms with Crippen molar-refractivity contribution in [2.24, 2.45) is 0 Å². The molecule has 0 aromatic rings. The Labute approximate surface area is 74.1 Å². The molecule has 0 bridgehead atoms. The molecule has 0 radical (unpaired) electrons. The predicted octanol–water partition coefficient (Wildman–Crippen LogP) is 0.258. The van der Waals surface area contributed by atoms with Gasteiger partial charge in [-0.3, -0.25) is 4.90 Å². The van der Waals surface area contributed by atoms with Crippen molar-refractivity contribution in [3.05, 3.63) is 0 Å². The van der Waals surface area contributed by atoms with Crippen LogP contribution in [0.5, 0.6) is 0 Å². The number of aldehydes is 1. The fraction of sp³-hybridized carbons (Fsp3) is 0.889. The number of carbonyl (C=O) groups excluding carboxylic acids is 1. The largest absolute Gasteiger partial charge is 0.303 e. The molecule has 0 amide bonds. The van der Waals surface area contributed by atoms with Crippen LogP contribution in [-0.4, -0.2) is 42.4 Å². The van der Waals surface area contributed by atoms with Crippen molar-refractivity contribution < 1.29 is 4.79 Å². The summed E-state index contributed by atoms with van der Waals surface area (Å²) in [5.74, 6) is 0. The molecule has 0 aromatic heterocycles. The van der Waals surface area contributed by atoms with E-state index in [0.717, 1.165) is 19.4 Å². The van der Waals surface area contributed by atoms with Gasteiger partial charge in [0.2, 0.25) is 0 Å². The first-order valence-electron chi connectivity index (χ1n) is 4.36. The maximum Gasteiger partial charge on any atom is 0.141 e. The molecule has 1 N–H and O–H groups in total. The van der Waals surface area contributed by atoms with Crippen LogP contribution >= 0.6 is 0 Å². The summed E-state index contributed by atoms with van der Waals surface area (Å²) >= 11 is 0. The van der Waals surface area contributed by atoms with Crippen LogP contribution in [0.3, 0.4) is 0 Å². The third-order valence-electron chi connectivity index (χ3n) is 3.40. The van der Waals surface area contributed by atoms with Crippen LogP contribution in [-0.2, 0) is 4.79 Å². The van der Waals surface area contributed by atoms with Gasteiger partial charge < -0.3 is 10.1 Å². The lowest BCUT2D eigenvalue weighted by Crippen LogP contribution is -2.71. The molecule has 1 fully saturated rings. The maximum atomic E-state index is 11.0. The average molecular weight is 170 g/mol. The van der Waals surface area contributed by atoms with Crippen molar-refractivity contribution in [1.82, 2.24) is 10.2 Å². The van der Waals surface area contributed by atoms with E-state index in [1.165, 1.54) is 0 Å². The van der Waals surface area contributed by atoms with Gasteiger partial charge in [-0.2, -0.15) is 0 Å². The molecule has 12 heavy (non-hydrogen) atoms. The summed E-state index contributed by atoms with van der Waals surface area (Å²) < 4.78 is 0. The summed E-state index contributed by atoms with van der Waals surface area (Å²) in [6.45, 7) is 8.02. The van der Waals surface area contributed by atoms with Crippen molar-refractivity contribution in [3.8, 4) is 0 Å². The highest BCUT2D eigenvalue weighted by atomic mass is 16.1. The van der Waals surface area contributed by atoms with Gasteiger partial charge in [-0.05, 0) is 27.8 Å². The molecule has 3 heteroatoms. The standard InChI is InChI=1S/C9H18N2O/c1-8(2)9(3,7-12)10-5-6-11(8)4/h7,10H,5-6H2,1-4H3. The van der Waals surface area contributed by atoms with Gasteiger partial charge in [-0.15, -0.1) is 0 Å². The third kappa shape index (κ3) is 1.17. The van der Waals surface area contributed by atoms with E-state index in [0.29, 0.717) is 0 Å². The summed E-state index contributed by atoms with van der Waals surface area (Å²) in [6.07, 6.45) is 1.02. The van der Waals surface area contributed by atoms with Crippen LogP contribution in [0, 0.1) is 0 Å². The van der Waals surface area contributed by atoms with Crippen molar-refractivity contribution in [3.63, 3.8) is 0 Å². The highest BCUT2D eigenvalue weighted by molar-refractivity contribution is 5.66. The van der Waals surface area contributed by atoms with Crippen molar-refractivity contribution >= 4 is 6.29 Å². The van der Waals surface area contributed by atoms with Crippen molar-refractivity contribution in [1.29, 1.82) is 0 Å². The first-order valence-corrected chi connectivity index (χ1v) is 4.36. The summed E-state index contributed by atoms with van der Waals surface area (Å²) in [7, 11) is 2.06. The lowest BCUT2D eigenvalue weighted by Gasteiger charge is -2.51. The molecule has 0 aliphatic carbocycles. The molecule has 1 rings (SSSR count). The number of hydrogen-bond acceptors (Lipinski definition) is 3. The summed E-state index contributed by atoms with van der Waals surface area (Å²) in [5.41, 5.74) is -0.521. The van der Waals surface area contributed by atoms with E-state index in [1.54, 1.807) is 0 Å². The minimum Gasteiger partial charge on any atom is -0.303 e. The van der Waals surface area contributed by atoms with Crippen molar-refractivity contribution in [2.45, 2.75) is 31.8 Å². The highest BCUT2D eigenvalue weighted by Gasteiger charge is 2.45. The topological polar surface area (TPSA) is 32.3 Å². The molecule has 1 atom stereocenters. The van der Waals surface area contributed by atoms with Crippen LogP contribution in [0.1, 0.15) is 20.8 Å². The normalized spacial score (nSPS) is 36.3. The molecule has 1 unspecified atom stereocenters. The molecule has 1 heterocycles. The van der Waals surface area contributed by atoms with Crippen LogP contribution in [0.4, 0.5) is 0 Å². The number of hydrogen-bond donors (Lipinski definition) is 1. The quantitative estimate of drug-likeness (QED) is 0.573. The molecule has 0 saturated carbocycles. The van der Waals surface area contributed by atoms with Gasteiger partial charge in [0.25, 0.3) is 0 Å². The van der Waals surface area contributed by atoms with E-state index in [-0.39, 0.29) is 5.54 Å². The number of nitrogens with zero attached hydrogens (tertiary/aromatic N) is 1. The monoisotopic (exact) mass is 170 g/mol. The van der Waals surface area contributed by atoms with Gasteiger partial charge in [-0.1, -0.05) is 0 Å². The summed E-state index contributed by atoms with van der Waals surface area (Å²) in [4.78, 5) is 13.2. The first kappa shape index (κ1) is 9.68. The first-order chi connectivity index (χ1) is 5.44. The van der Waals surface area contributed by atoms with Crippen LogP contribution < -0.4 is 5.32 Å². The zero-order valence-electron chi connectivity index (χ0n) is 8.35. The molecule has 3 nitrogen and oxygen atoms in total. The number of rotatable bonds is 1. The molecular formula is C9H18N2O. The second kappa shape index (κ2) is 2.82. The zero-order valence-corrected chi connectivity index (χ0v) is 8.35. The molecular weight excluding hydrogens is 152 g/mol. The van der Waals surface area contributed by atoms with E-state index in [9.17, 15) is 4.79 Å². The Hall–Kier alpha value is -0.410. The van der Waals surface area contributed by atoms with Gasteiger partial charge in [0.05, 0.1) is 5.54 Å². The molecule has 1 aliphatic rings. The zero-order chi connectivity index (χ0) is 9.41. The fourth-order valence-corrected chi connectivity index (χ4v) is 1.56. The molecule has 70 valence electrons. The number of carbonyl (C=O) groups is 1. The number of likely N-dealkylation sites (N-methyl/N-ethyl adjacent to an activating group) is 1. The van der Waals surface area contributed by atoms with Crippen LogP contribution in [0.15, 0.2) is 0 Å². The Bertz CT molecular complexity index is 191. The predicted molar refractivity (Wildman–Crippen MR) is 49.2 cm³/mol. The second-order valence-electron chi connectivity index (χ2n) is 4.23. The smallest absolute Gasteiger partial charge is 0.141 e.